The molecule has 298 valence electrons. The molecule has 0 amide bonds. The fourth-order valence-electron chi connectivity index (χ4n) is 5.35. The summed E-state index contributed by atoms with van der Waals surface area (Å²) in [7, 11) is 0. The third kappa shape index (κ3) is 21.2. The van der Waals surface area contributed by atoms with Gasteiger partial charge in [0.15, 0.2) is 0 Å². The van der Waals surface area contributed by atoms with E-state index in [-0.39, 0.29) is 0 Å². The Kier molecular flexibility index (Phi) is 28.5. The Morgan fingerprint density at radius 1 is 0.907 bits per heavy atom. The molecular formula is C50H77N3O. The van der Waals surface area contributed by atoms with Gasteiger partial charge in [-0.2, -0.15) is 0 Å². The first-order valence-corrected chi connectivity index (χ1v) is 19.9. The van der Waals surface area contributed by atoms with Crippen molar-refractivity contribution < 1.29 is 4.84 Å². The van der Waals surface area contributed by atoms with Crippen molar-refractivity contribution in [3.05, 3.63) is 167 Å². The molecule has 0 bridgehead atoms. The smallest absolute Gasteiger partial charge is 0.124 e. The number of nitrogens with zero attached hydrogens (tertiary/aromatic N) is 1. The largest absolute Gasteiger partial charge is 0.399 e. The van der Waals surface area contributed by atoms with Crippen molar-refractivity contribution in [2.45, 2.75) is 134 Å². The molecule has 0 aliphatic heterocycles. The van der Waals surface area contributed by atoms with Crippen LogP contribution in [0.25, 0.3) is 0 Å². The SMILES string of the molecule is C=C(C)ON=C(C)C.C=C1C=C(CCCCC2=C(CC)CC=C(CC)C=C2)C1=C.C=CC1=C(C)C=C(CNC(=C)C(=C)/C=C(\C)C(=C)N)CC1.CC.CC. The van der Waals surface area contributed by atoms with E-state index in [2.05, 4.69) is 108 Å². The first kappa shape index (κ1) is 51.5. The second-order valence-electron chi connectivity index (χ2n) is 13.3. The number of nitrogens with one attached hydrogen (secondary N) is 1. The molecule has 54 heavy (non-hydrogen) atoms. The standard InChI is InChI=1S/C21H28.C19H26N2.C6H11NO.2C2H6/c1-5-18-11-13-19(6-2)20(14-12-18)9-7-8-10-21-15-16(3)17(21)4;1-7-19-9-8-18(11-15(19)4)12-21-17(6)14(3)10-13(2)16(5)20;1-5(2)7-8-6(3)4;2*1-2/h11-12,14-15H,3-10,13H2,1-2H3;7,10-11,21H,1,3,5-6,8-9,12,20H2,2,4H3;3H2,1-2,4H3;2*1-2H3/b;13-10+;;;. The summed E-state index contributed by atoms with van der Waals surface area (Å²) in [4.78, 5) is 4.70. The van der Waals surface area contributed by atoms with E-state index >= 15 is 0 Å². The van der Waals surface area contributed by atoms with Gasteiger partial charge in [-0.1, -0.05) is 146 Å². The third-order valence-electron chi connectivity index (χ3n) is 8.75. The average Bonchev–Trinajstić information content (AvgIpc) is 3.37. The zero-order valence-corrected chi connectivity index (χ0v) is 36.5. The predicted molar refractivity (Wildman–Crippen MR) is 245 cm³/mol. The number of hydrogen-bond donors (Lipinski definition) is 2. The summed E-state index contributed by atoms with van der Waals surface area (Å²) in [5, 5.41) is 6.97. The molecule has 0 unspecified atom stereocenters. The maximum absolute atomic E-state index is 5.64. The van der Waals surface area contributed by atoms with E-state index in [1.807, 2.05) is 60.6 Å². The molecule has 0 aromatic rings. The summed E-state index contributed by atoms with van der Waals surface area (Å²) in [5.41, 5.74) is 22.0. The summed E-state index contributed by atoms with van der Waals surface area (Å²) in [6.07, 6.45) is 25.8. The van der Waals surface area contributed by atoms with Gasteiger partial charge >= 0.3 is 0 Å². The molecule has 3 aliphatic carbocycles. The molecule has 0 atom stereocenters. The van der Waals surface area contributed by atoms with Crippen LogP contribution in [0, 0.1) is 0 Å². The Labute approximate surface area is 333 Å². The fraction of sp³-hybridized carbons (Fsp3) is 0.420. The Bertz CT molecular complexity index is 1570. The third-order valence-corrected chi connectivity index (χ3v) is 8.75. The summed E-state index contributed by atoms with van der Waals surface area (Å²) in [5.74, 6) is 0.617. The van der Waals surface area contributed by atoms with Gasteiger partial charge in [0, 0.05) is 17.9 Å². The molecule has 4 heteroatoms. The average molecular weight is 736 g/mol. The highest BCUT2D eigenvalue weighted by Crippen LogP contribution is 2.33. The van der Waals surface area contributed by atoms with Crippen LogP contribution in [-0.2, 0) is 4.84 Å². The quantitative estimate of drug-likeness (QED) is 0.0545. The van der Waals surface area contributed by atoms with E-state index in [9.17, 15) is 0 Å². The molecule has 3 N–H and O–H groups in total. The lowest BCUT2D eigenvalue weighted by molar-refractivity contribution is 0.231. The Morgan fingerprint density at radius 3 is 2.00 bits per heavy atom. The van der Waals surface area contributed by atoms with Crippen molar-refractivity contribution in [1.82, 2.24) is 5.32 Å². The molecule has 0 heterocycles. The van der Waals surface area contributed by atoms with Gasteiger partial charge in [0.1, 0.15) is 5.76 Å². The Morgan fingerprint density at radius 2 is 1.54 bits per heavy atom. The van der Waals surface area contributed by atoms with Gasteiger partial charge in [-0.3, -0.25) is 0 Å². The molecule has 4 nitrogen and oxygen atoms in total. The second kappa shape index (κ2) is 29.8. The van der Waals surface area contributed by atoms with E-state index in [1.54, 1.807) is 18.1 Å². The van der Waals surface area contributed by atoms with Crippen molar-refractivity contribution in [2.24, 2.45) is 10.9 Å². The molecule has 0 aromatic heterocycles. The predicted octanol–water partition coefficient (Wildman–Crippen LogP) is 14.9. The fourth-order valence-corrected chi connectivity index (χ4v) is 5.35. The molecule has 0 fully saturated rings. The maximum Gasteiger partial charge on any atom is 0.124 e. The van der Waals surface area contributed by atoms with E-state index in [1.165, 1.54) is 59.1 Å². The van der Waals surface area contributed by atoms with Crippen LogP contribution in [0.4, 0.5) is 0 Å². The van der Waals surface area contributed by atoms with Crippen LogP contribution in [0.5, 0.6) is 0 Å². The Hall–Kier alpha value is -4.57. The number of allylic oxidation sites excluding steroid dienone is 17. The van der Waals surface area contributed by atoms with Gasteiger partial charge in [0.25, 0.3) is 0 Å². The van der Waals surface area contributed by atoms with E-state index in [0.717, 1.165) is 66.8 Å². The van der Waals surface area contributed by atoms with Gasteiger partial charge in [-0.05, 0) is 143 Å². The lowest BCUT2D eigenvalue weighted by Gasteiger charge is -2.20. The van der Waals surface area contributed by atoms with Crippen LogP contribution in [0.2, 0.25) is 0 Å². The van der Waals surface area contributed by atoms with Crippen molar-refractivity contribution in [1.29, 1.82) is 0 Å². The summed E-state index contributed by atoms with van der Waals surface area (Å²) >= 11 is 0. The van der Waals surface area contributed by atoms with E-state index in [0.29, 0.717) is 11.5 Å². The molecule has 3 aliphatic rings. The summed E-state index contributed by atoms with van der Waals surface area (Å²) in [6, 6.07) is 0. The second-order valence-corrected chi connectivity index (χ2v) is 13.3. The Balaban J connectivity index is 0. The highest BCUT2D eigenvalue weighted by atomic mass is 16.6. The molecule has 0 radical (unpaired) electrons. The topological polar surface area (TPSA) is 59.6 Å². The summed E-state index contributed by atoms with van der Waals surface area (Å²) in [6.45, 7) is 49.9. The maximum atomic E-state index is 5.64. The van der Waals surface area contributed by atoms with Crippen LogP contribution in [0.1, 0.15) is 134 Å². The first-order chi connectivity index (χ1) is 25.6. The van der Waals surface area contributed by atoms with Crippen molar-refractivity contribution >= 4 is 5.71 Å². The van der Waals surface area contributed by atoms with Gasteiger partial charge in [-0.15, -0.1) is 0 Å². The van der Waals surface area contributed by atoms with Gasteiger partial charge in [0.05, 0.1) is 5.71 Å². The highest BCUT2D eigenvalue weighted by Gasteiger charge is 2.14. The molecular weight excluding hydrogens is 659 g/mol. The van der Waals surface area contributed by atoms with Crippen LogP contribution < -0.4 is 11.1 Å². The number of rotatable bonds is 16. The first-order valence-electron chi connectivity index (χ1n) is 19.9. The van der Waals surface area contributed by atoms with Crippen molar-refractivity contribution in [3.63, 3.8) is 0 Å². The van der Waals surface area contributed by atoms with Crippen molar-refractivity contribution in [2.75, 3.05) is 6.54 Å². The molecule has 0 saturated heterocycles. The minimum Gasteiger partial charge on any atom is -0.399 e. The monoisotopic (exact) mass is 736 g/mol. The zero-order valence-electron chi connectivity index (χ0n) is 36.5. The number of unbranched alkanes of at least 4 members (excludes halogenated alkanes) is 1. The minimum absolute atomic E-state index is 0.552. The minimum atomic E-state index is 0.552. The normalized spacial score (nSPS) is 14.5. The van der Waals surface area contributed by atoms with Crippen LogP contribution in [-0.4, -0.2) is 12.3 Å². The van der Waals surface area contributed by atoms with Gasteiger partial charge < -0.3 is 15.9 Å². The van der Waals surface area contributed by atoms with Crippen LogP contribution in [0.3, 0.4) is 0 Å². The molecule has 0 saturated carbocycles. The zero-order chi connectivity index (χ0) is 41.8. The van der Waals surface area contributed by atoms with Crippen LogP contribution >= 0.6 is 0 Å². The lowest BCUT2D eigenvalue weighted by atomic mass is 9.85. The number of hydrogen-bond acceptors (Lipinski definition) is 4. The van der Waals surface area contributed by atoms with E-state index < -0.39 is 0 Å². The number of oxime groups is 1. The summed E-state index contributed by atoms with van der Waals surface area (Å²) < 4.78 is 0. The lowest BCUT2D eigenvalue weighted by Crippen LogP contribution is -2.18. The van der Waals surface area contributed by atoms with E-state index in [4.69, 9.17) is 10.6 Å². The molecule has 0 aromatic carbocycles. The van der Waals surface area contributed by atoms with Gasteiger partial charge in [0.2, 0.25) is 0 Å². The molecule has 0 spiro atoms. The van der Waals surface area contributed by atoms with Crippen LogP contribution in [0.15, 0.2) is 172 Å². The van der Waals surface area contributed by atoms with Gasteiger partial charge in [-0.25, -0.2) is 0 Å². The van der Waals surface area contributed by atoms with Crippen molar-refractivity contribution in [3.8, 4) is 0 Å². The molecule has 3 rings (SSSR count). The number of nitrogens with two attached hydrogens (primary N) is 1. The highest BCUT2D eigenvalue weighted by molar-refractivity contribution is 5.78.